The van der Waals surface area contributed by atoms with Crippen molar-refractivity contribution >= 4 is 45.8 Å². The van der Waals surface area contributed by atoms with Crippen molar-refractivity contribution in [2.75, 3.05) is 31.8 Å². The van der Waals surface area contributed by atoms with Crippen molar-refractivity contribution in [3.05, 3.63) is 42.0 Å². The minimum absolute atomic E-state index is 0.0714. The maximum atomic E-state index is 12.4. The topological polar surface area (TPSA) is 102 Å². The van der Waals surface area contributed by atoms with Crippen LogP contribution in [0.25, 0.3) is 0 Å². The van der Waals surface area contributed by atoms with Crippen LogP contribution in [0.1, 0.15) is 10.4 Å². The number of anilines is 2. The summed E-state index contributed by atoms with van der Waals surface area (Å²) in [4.78, 5) is 14.9. The lowest BCUT2D eigenvalue weighted by atomic mass is 10.1. The van der Waals surface area contributed by atoms with E-state index >= 15 is 0 Å². The molecule has 0 atom stereocenters. The third kappa shape index (κ3) is 3.83. The van der Waals surface area contributed by atoms with Crippen molar-refractivity contribution in [1.82, 2.24) is 0 Å². The van der Waals surface area contributed by atoms with E-state index in [4.69, 9.17) is 10.5 Å². The van der Waals surface area contributed by atoms with Gasteiger partial charge in [-0.1, -0.05) is 30.0 Å². The quantitative estimate of drug-likeness (QED) is 0.457. The van der Waals surface area contributed by atoms with Crippen LogP contribution in [-0.2, 0) is 14.8 Å². The summed E-state index contributed by atoms with van der Waals surface area (Å²) in [6.07, 6.45) is 0. The van der Waals surface area contributed by atoms with Crippen molar-refractivity contribution in [1.29, 1.82) is 0 Å². The molecule has 0 aliphatic rings. The summed E-state index contributed by atoms with van der Waals surface area (Å²) < 4.78 is 32.7. The maximum absolute atomic E-state index is 12.4. The van der Waals surface area contributed by atoms with Crippen LogP contribution in [0.4, 0.5) is 11.4 Å². The van der Waals surface area contributed by atoms with Gasteiger partial charge in [-0.2, -0.15) is 12.8 Å². The van der Waals surface area contributed by atoms with Crippen LogP contribution in [0, 0.1) is 0 Å². The zero-order chi connectivity index (χ0) is 19.5. The molecule has 0 bridgehead atoms. The van der Waals surface area contributed by atoms with E-state index in [0.717, 1.165) is 12.0 Å². The largest absolute Gasteiger partial charge is 0.465 e. The molecule has 0 fully saturated rings. The fourth-order valence-electron chi connectivity index (χ4n) is 2.30. The minimum Gasteiger partial charge on any atom is -0.465 e. The Balaban J connectivity index is 2.84. The van der Waals surface area contributed by atoms with E-state index in [1.54, 1.807) is 19.0 Å². The zero-order valence-electron chi connectivity index (χ0n) is 14.6. The van der Waals surface area contributed by atoms with E-state index in [1.165, 1.54) is 17.8 Å². The molecule has 2 aromatic rings. The molecule has 0 amide bonds. The van der Waals surface area contributed by atoms with E-state index in [1.807, 2.05) is 30.3 Å². The Morgan fingerprint density at radius 3 is 2.38 bits per heavy atom. The molecule has 2 N–H and O–H groups in total. The molecule has 0 aliphatic carbocycles. The molecule has 0 heterocycles. The fraction of sp³-hybridized carbons (Fsp3) is 0.176. The van der Waals surface area contributed by atoms with Crippen LogP contribution >= 0.6 is 11.8 Å². The van der Waals surface area contributed by atoms with Crippen LogP contribution in [-0.4, -0.2) is 42.3 Å². The highest BCUT2D eigenvalue weighted by molar-refractivity contribution is 7.99. The van der Waals surface area contributed by atoms with Crippen molar-refractivity contribution in [3.63, 3.8) is 0 Å². The molecule has 138 valence electrons. The van der Waals surface area contributed by atoms with Crippen molar-refractivity contribution in [2.24, 2.45) is 4.40 Å². The molecule has 0 radical (unpaired) electrons. The Kier molecular flexibility index (Phi) is 5.94. The number of esters is 1. The van der Waals surface area contributed by atoms with Crippen molar-refractivity contribution in [3.8, 4) is 0 Å². The monoisotopic (exact) mass is 393 g/mol. The van der Waals surface area contributed by atoms with Gasteiger partial charge in [0.25, 0.3) is 10.0 Å². The second kappa shape index (κ2) is 7.79. The molecule has 7 nitrogen and oxygen atoms in total. The molecule has 2 rings (SSSR count). The first kappa shape index (κ1) is 19.8. The third-order valence-corrected chi connectivity index (χ3v) is 5.96. The number of sulfonamides is 1. The van der Waals surface area contributed by atoms with Gasteiger partial charge in [0, 0.05) is 25.7 Å². The van der Waals surface area contributed by atoms with Gasteiger partial charge < -0.3 is 15.4 Å². The number of nitrogens with two attached hydrogens (primary N) is 1. The van der Waals surface area contributed by atoms with E-state index in [2.05, 4.69) is 11.1 Å². The number of benzene rings is 2. The molecule has 0 aliphatic heterocycles. The molecule has 0 aromatic heterocycles. The van der Waals surface area contributed by atoms with Gasteiger partial charge in [-0.3, -0.25) is 0 Å². The molecule has 2 aromatic carbocycles. The van der Waals surface area contributed by atoms with E-state index in [-0.39, 0.29) is 11.3 Å². The summed E-state index contributed by atoms with van der Waals surface area (Å²) in [5, 5.41) is 0. The smallest absolute Gasteiger partial charge is 0.339 e. The molecule has 0 saturated heterocycles. The van der Waals surface area contributed by atoms with Crippen LogP contribution in [0.2, 0.25) is 0 Å². The van der Waals surface area contributed by atoms with Gasteiger partial charge >= 0.3 is 5.97 Å². The number of rotatable bonds is 6. The second-order valence-corrected chi connectivity index (χ2v) is 8.12. The van der Waals surface area contributed by atoms with Crippen molar-refractivity contribution in [2.45, 2.75) is 14.7 Å². The number of nitrogens with zero attached hydrogens (tertiary/aromatic N) is 2. The number of ether oxygens (including phenoxy) is 1. The van der Waals surface area contributed by atoms with Gasteiger partial charge in [-0.25, -0.2) is 4.79 Å². The molecule has 0 unspecified atom stereocenters. The van der Waals surface area contributed by atoms with Crippen LogP contribution in [0.5, 0.6) is 0 Å². The highest BCUT2D eigenvalue weighted by Crippen LogP contribution is 2.44. The van der Waals surface area contributed by atoms with Gasteiger partial charge in [-0.05, 0) is 18.2 Å². The Morgan fingerprint density at radius 2 is 1.88 bits per heavy atom. The second-order valence-electron chi connectivity index (χ2n) is 5.42. The highest BCUT2D eigenvalue weighted by atomic mass is 32.2. The zero-order valence-corrected chi connectivity index (χ0v) is 16.2. The Bertz CT molecular complexity index is 942. The molecular weight excluding hydrogens is 374 g/mol. The predicted octanol–water partition coefficient (Wildman–Crippen LogP) is 2.66. The van der Waals surface area contributed by atoms with Gasteiger partial charge in [0.15, 0.2) is 0 Å². The summed E-state index contributed by atoms with van der Waals surface area (Å²) >= 11 is 1.29. The number of nitrogen functional groups attached to an aromatic ring is 1. The third-order valence-electron chi connectivity index (χ3n) is 3.53. The standard InChI is InChI=1S/C17H19N3O4S2/c1-19-26(22,23)16-12(17(21)24-4)10-13(20(2)3)15(14(16)18)25-11-8-6-5-7-9-11/h5-10H,1,18H2,2-4H3. The lowest BCUT2D eigenvalue weighted by Crippen LogP contribution is -2.17. The Morgan fingerprint density at radius 1 is 1.27 bits per heavy atom. The molecule has 9 heteroatoms. The normalized spacial score (nSPS) is 11.0. The van der Waals surface area contributed by atoms with E-state index in [9.17, 15) is 13.2 Å². The fourth-order valence-corrected chi connectivity index (χ4v) is 4.38. The SMILES string of the molecule is C=NS(=O)(=O)c1c(C(=O)OC)cc(N(C)C)c(Sc2ccccc2)c1N. The first-order valence-corrected chi connectivity index (χ1v) is 9.66. The van der Waals surface area contributed by atoms with Crippen LogP contribution in [0.15, 0.2) is 55.5 Å². The predicted molar refractivity (Wildman–Crippen MR) is 104 cm³/mol. The van der Waals surface area contributed by atoms with Gasteiger partial charge in [0.05, 0.1) is 28.9 Å². The summed E-state index contributed by atoms with van der Waals surface area (Å²) in [6.45, 7) is 3.08. The molecule has 0 saturated carbocycles. The first-order valence-electron chi connectivity index (χ1n) is 7.41. The Hall–Kier alpha value is -2.52. The van der Waals surface area contributed by atoms with Gasteiger partial charge in [0.2, 0.25) is 0 Å². The van der Waals surface area contributed by atoms with Crippen LogP contribution < -0.4 is 10.6 Å². The van der Waals surface area contributed by atoms with Crippen LogP contribution in [0.3, 0.4) is 0 Å². The van der Waals surface area contributed by atoms with E-state index < -0.39 is 20.9 Å². The summed E-state index contributed by atoms with van der Waals surface area (Å²) in [5.74, 6) is -0.821. The average molecular weight is 393 g/mol. The Labute approximate surface area is 156 Å². The minimum atomic E-state index is -4.22. The van der Waals surface area contributed by atoms with E-state index in [0.29, 0.717) is 10.6 Å². The molecule has 26 heavy (non-hydrogen) atoms. The lowest BCUT2D eigenvalue weighted by molar-refractivity contribution is 0.0596. The van der Waals surface area contributed by atoms with Gasteiger partial charge in [0.1, 0.15) is 4.90 Å². The highest BCUT2D eigenvalue weighted by Gasteiger charge is 2.30. The lowest BCUT2D eigenvalue weighted by Gasteiger charge is -2.22. The first-order chi connectivity index (χ1) is 12.2. The number of carbonyl (C=O) groups excluding carboxylic acids is 1. The number of carbonyl (C=O) groups is 1. The van der Waals surface area contributed by atoms with Crippen molar-refractivity contribution < 1.29 is 17.9 Å². The van der Waals surface area contributed by atoms with Gasteiger partial charge in [-0.15, -0.1) is 0 Å². The molecule has 0 spiro atoms. The number of methoxy groups -OCH3 is 1. The number of hydrogen-bond acceptors (Lipinski definition) is 7. The summed E-state index contributed by atoms with van der Waals surface area (Å²) in [7, 11) is 0.487. The number of hydrogen-bond donors (Lipinski definition) is 1. The summed E-state index contributed by atoms with van der Waals surface area (Å²) in [5.41, 5.74) is 6.53. The summed E-state index contributed by atoms with van der Waals surface area (Å²) in [6, 6.07) is 10.8. The molecular formula is C17H19N3O4S2. The maximum Gasteiger partial charge on any atom is 0.339 e. The average Bonchev–Trinajstić information content (AvgIpc) is 2.62.